The molecule has 0 aromatic carbocycles. The SMILES string of the molecule is CC1(O)CCCN(C2CCCCC2)C1. The molecule has 0 spiro atoms. The topological polar surface area (TPSA) is 23.5 Å². The first kappa shape index (κ1) is 10.4. The molecule has 1 aliphatic heterocycles. The minimum Gasteiger partial charge on any atom is -0.389 e. The number of nitrogens with zero attached hydrogens (tertiary/aromatic N) is 1. The van der Waals surface area contributed by atoms with Crippen LogP contribution in [-0.4, -0.2) is 34.7 Å². The highest BCUT2D eigenvalue weighted by atomic mass is 16.3. The maximum Gasteiger partial charge on any atom is 0.0746 e. The van der Waals surface area contributed by atoms with Crippen molar-refractivity contribution in [2.45, 2.75) is 63.5 Å². The molecule has 0 aromatic heterocycles. The summed E-state index contributed by atoms with van der Waals surface area (Å²) in [5.74, 6) is 0. The zero-order valence-corrected chi connectivity index (χ0v) is 9.34. The van der Waals surface area contributed by atoms with Crippen LogP contribution in [0.1, 0.15) is 51.9 Å². The number of hydrogen-bond acceptors (Lipinski definition) is 2. The van der Waals surface area contributed by atoms with E-state index in [4.69, 9.17) is 0 Å². The van der Waals surface area contributed by atoms with Gasteiger partial charge in [-0.1, -0.05) is 19.3 Å². The molecular formula is C12H23NO. The van der Waals surface area contributed by atoms with Crippen LogP contribution in [-0.2, 0) is 0 Å². The summed E-state index contributed by atoms with van der Waals surface area (Å²) in [5, 5.41) is 10.0. The fraction of sp³-hybridized carbons (Fsp3) is 1.00. The van der Waals surface area contributed by atoms with Gasteiger partial charge < -0.3 is 5.11 Å². The van der Waals surface area contributed by atoms with Crippen LogP contribution >= 0.6 is 0 Å². The second kappa shape index (κ2) is 4.19. The monoisotopic (exact) mass is 197 g/mol. The Hall–Kier alpha value is -0.0800. The van der Waals surface area contributed by atoms with Crippen LogP contribution in [0.25, 0.3) is 0 Å². The van der Waals surface area contributed by atoms with Gasteiger partial charge in [0.2, 0.25) is 0 Å². The highest BCUT2D eigenvalue weighted by molar-refractivity contribution is 4.87. The molecule has 0 aromatic rings. The van der Waals surface area contributed by atoms with Gasteiger partial charge in [0, 0.05) is 12.6 Å². The van der Waals surface area contributed by atoms with Crippen molar-refractivity contribution < 1.29 is 5.11 Å². The number of hydrogen-bond donors (Lipinski definition) is 1. The highest BCUT2D eigenvalue weighted by Gasteiger charge is 2.32. The van der Waals surface area contributed by atoms with Gasteiger partial charge in [-0.05, 0) is 39.2 Å². The fourth-order valence-corrected chi connectivity index (χ4v) is 3.02. The Labute approximate surface area is 87.3 Å². The minimum absolute atomic E-state index is 0.421. The molecule has 2 fully saturated rings. The van der Waals surface area contributed by atoms with Crippen LogP contribution in [0, 0.1) is 0 Å². The number of rotatable bonds is 1. The number of likely N-dealkylation sites (tertiary alicyclic amines) is 1. The Morgan fingerprint density at radius 3 is 2.50 bits per heavy atom. The van der Waals surface area contributed by atoms with Crippen LogP contribution < -0.4 is 0 Å². The molecule has 0 bridgehead atoms. The van der Waals surface area contributed by atoms with Crippen LogP contribution in [0.3, 0.4) is 0 Å². The molecule has 82 valence electrons. The first-order valence-electron chi connectivity index (χ1n) is 6.14. The predicted octanol–water partition coefficient (Wildman–Crippen LogP) is 2.17. The predicted molar refractivity (Wildman–Crippen MR) is 58.3 cm³/mol. The molecule has 2 heteroatoms. The maximum absolute atomic E-state index is 10.0. The van der Waals surface area contributed by atoms with Crippen molar-refractivity contribution in [3.05, 3.63) is 0 Å². The fourth-order valence-electron chi connectivity index (χ4n) is 3.02. The Morgan fingerprint density at radius 1 is 1.14 bits per heavy atom. The number of β-amino-alcohol motifs (C(OH)–C–C–N with tert-alkyl or cyclic N) is 1. The van der Waals surface area contributed by atoms with E-state index in [0.29, 0.717) is 0 Å². The van der Waals surface area contributed by atoms with Crippen molar-refractivity contribution in [1.29, 1.82) is 0 Å². The van der Waals surface area contributed by atoms with Gasteiger partial charge in [-0.25, -0.2) is 0 Å². The summed E-state index contributed by atoms with van der Waals surface area (Å²) in [4.78, 5) is 2.53. The van der Waals surface area contributed by atoms with E-state index in [0.717, 1.165) is 19.0 Å². The minimum atomic E-state index is -0.421. The Kier molecular flexibility index (Phi) is 3.13. The number of piperidine rings is 1. The maximum atomic E-state index is 10.0. The van der Waals surface area contributed by atoms with Gasteiger partial charge in [-0.3, -0.25) is 4.90 Å². The third kappa shape index (κ3) is 2.48. The van der Waals surface area contributed by atoms with Crippen molar-refractivity contribution in [3.8, 4) is 0 Å². The van der Waals surface area contributed by atoms with Crippen molar-refractivity contribution >= 4 is 0 Å². The van der Waals surface area contributed by atoms with Crippen molar-refractivity contribution in [1.82, 2.24) is 4.90 Å². The van der Waals surface area contributed by atoms with E-state index in [-0.39, 0.29) is 0 Å². The third-order valence-corrected chi connectivity index (χ3v) is 3.80. The first-order chi connectivity index (χ1) is 6.67. The van der Waals surface area contributed by atoms with E-state index in [1.807, 2.05) is 6.92 Å². The Morgan fingerprint density at radius 2 is 1.86 bits per heavy atom. The van der Waals surface area contributed by atoms with Gasteiger partial charge in [0.15, 0.2) is 0 Å². The lowest BCUT2D eigenvalue weighted by atomic mass is 9.89. The first-order valence-corrected chi connectivity index (χ1v) is 6.14. The molecule has 2 rings (SSSR count). The van der Waals surface area contributed by atoms with Gasteiger partial charge in [-0.2, -0.15) is 0 Å². The summed E-state index contributed by atoms with van der Waals surface area (Å²) in [5.41, 5.74) is -0.421. The smallest absolute Gasteiger partial charge is 0.0746 e. The molecule has 14 heavy (non-hydrogen) atoms. The molecule has 2 aliphatic rings. The van der Waals surface area contributed by atoms with Gasteiger partial charge in [-0.15, -0.1) is 0 Å². The zero-order chi connectivity index (χ0) is 10.0. The lowest BCUT2D eigenvalue weighted by Gasteiger charge is -2.42. The lowest BCUT2D eigenvalue weighted by molar-refractivity contribution is -0.0349. The molecule has 1 saturated heterocycles. The molecule has 0 amide bonds. The molecular weight excluding hydrogens is 174 g/mol. The molecule has 1 aliphatic carbocycles. The van der Waals surface area contributed by atoms with E-state index in [1.54, 1.807) is 0 Å². The van der Waals surface area contributed by atoms with Crippen LogP contribution in [0.4, 0.5) is 0 Å². The molecule has 0 radical (unpaired) electrons. The molecule has 1 heterocycles. The summed E-state index contributed by atoms with van der Waals surface area (Å²) in [6, 6.07) is 0.774. The van der Waals surface area contributed by atoms with Crippen molar-refractivity contribution in [3.63, 3.8) is 0 Å². The molecule has 1 atom stereocenters. The second-order valence-electron chi connectivity index (χ2n) is 5.36. The van der Waals surface area contributed by atoms with Crippen molar-refractivity contribution in [2.24, 2.45) is 0 Å². The van der Waals surface area contributed by atoms with Crippen molar-refractivity contribution in [2.75, 3.05) is 13.1 Å². The van der Waals surface area contributed by atoms with Gasteiger partial charge >= 0.3 is 0 Å². The molecule has 1 saturated carbocycles. The normalized spacial score (nSPS) is 37.3. The third-order valence-electron chi connectivity index (χ3n) is 3.80. The standard InChI is InChI=1S/C12H23NO/c1-12(14)8-5-9-13(10-12)11-6-3-2-4-7-11/h11,14H,2-10H2,1H3. The Balaban J connectivity index is 1.89. The van der Waals surface area contributed by atoms with E-state index in [2.05, 4.69) is 4.90 Å². The molecule has 2 nitrogen and oxygen atoms in total. The van der Waals surface area contributed by atoms with Gasteiger partial charge in [0.05, 0.1) is 5.60 Å². The number of aliphatic hydroxyl groups is 1. The van der Waals surface area contributed by atoms with Gasteiger partial charge in [0.1, 0.15) is 0 Å². The average Bonchev–Trinajstić information content (AvgIpc) is 2.18. The summed E-state index contributed by atoms with van der Waals surface area (Å²) < 4.78 is 0. The van der Waals surface area contributed by atoms with Gasteiger partial charge in [0.25, 0.3) is 0 Å². The quantitative estimate of drug-likeness (QED) is 0.696. The van der Waals surface area contributed by atoms with E-state index in [9.17, 15) is 5.11 Å². The molecule has 1 unspecified atom stereocenters. The Bertz CT molecular complexity index is 185. The van der Waals surface area contributed by atoms with E-state index >= 15 is 0 Å². The van der Waals surface area contributed by atoms with E-state index < -0.39 is 5.60 Å². The van der Waals surface area contributed by atoms with Crippen LogP contribution in [0.2, 0.25) is 0 Å². The van der Waals surface area contributed by atoms with Crippen LogP contribution in [0.5, 0.6) is 0 Å². The second-order valence-corrected chi connectivity index (χ2v) is 5.36. The average molecular weight is 197 g/mol. The summed E-state index contributed by atoms with van der Waals surface area (Å²) >= 11 is 0. The largest absolute Gasteiger partial charge is 0.389 e. The summed E-state index contributed by atoms with van der Waals surface area (Å²) in [6.45, 7) is 4.10. The lowest BCUT2D eigenvalue weighted by Crippen LogP contribution is -2.50. The summed E-state index contributed by atoms with van der Waals surface area (Å²) in [7, 11) is 0. The van der Waals surface area contributed by atoms with E-state index in [1.165, 1.54) is 45.1 Å². The zero-order valence-electron chi connectivity index (χ0n) is 9.34. The van der Waals surface area contributed by atoms with Crippen LogP contribution in [0.15, 0.2) is 0 Å². The summed E-state index contributed by atoms with van der Waals surface area (Å²) in [6.07, 6.45) is 9.07. The highest BCUT2D eigenvalue weighted by Crippen LogP contribution is 2.28. The molecule has 1 N–H and O–H groups in total.